The molecular weight excluding hydrogens is 284 g/mol. The molecule has 0 fully saturated rings. The molecule has 7 nitrogen and oxygen atoms in total. The first-order valence-electron chi connectivity index (χ1n) is 6.98. The molecule has 0 aliphatic rings. The summed E-state index contributed by atoms with van der Waals surface area (Å²) in [5, 5.41) is 12.6. The van der Waals surface area contributed by atoms with E-state index in [-0.39, 0.29) is 23.8 Å². The zero-order valence-electron chi connectivity index (χ0n) is 12.9. The Balaban J connectivity index is 3.27. The van der Waals surface area contributed by atoms with E-state index in [1.54, 1.807) is 19.9 Å². The van der Waals surface area contributed by atoms with Crippen molar-refractivity contribution >= 4 is 5.97 Å². The minimum Gasteiger partial charge on any atom is -0.493 e. The quantitative estimate of drug-likeness (QED) is 0.331. The van der Waals surface area contributed by atoms with Gasteiger partial charge in [0.1, 0.15) is 11.3 Å². The monoisotopic (exact) mass is 302 g/mol. The van der Waals surface area contributed by atoms with Crippen LogP contribution in [0.3, 0.4) is 0 Å². The van der Waals surface area contributed by atoms with Crippen molar-refractivity contribution in [2.45, 2.75) is 39.8 Å². The fourth-order valence-corrected chi connectivity index (χ4v) is 1.73. The Morgan fingerprint density at radius 2 is 2.23 bits per heavy atom. The molecule has 0 spiro atoms. The van der Waals surface area contributed by atoms with E-state index in [2.05, 4.69) is 10.0 Å². The van der Waals surface area contributed by atoms with Crippen LogP contribution in [0.2, 0.25) is 0 Å². The van der Waals surface area contributed by atoms with Gasteiger partial charge < -0.3 is 9.47 Å². The van der Waals surface area contributed by atoms with Crippen LogP contribution in [0.15, 0.2) is 17.2 Å². The van der Waals surface area contributed by atoms with Gasteiger partial charge in [0.15, 0.2) is 0 Å². The van der Waals surface area contributed by atoms with Gasteiger partial charge in [-0.15, -0.1) is 0 Å². The lowest BCUT2D eigenvalue weighted by atomic mass is 10.0. The molecule has 0 radical (unpaired) electrons. The molecule has 116 valence electrons. The van der Waals surface area contributed by atoms with Gasteiger partial charge in [0.2, 0.25) is 0 Å². The molecule has 0 aliphatic carbocycles. The molecule has 0 N–H and O–H groups in total. The summed E-state index contributed by atoms with van der Waals surface area (Å²) in [5.41, 5.74) is 9.36. The van der Waals surface area contributed by atoms with Crippen molar-refractivity contribution < 1.29 is 14.3 Å². The summed E-state index contributed by atoms with van der Waals surface area (Å²) in [6, 6.07) is 4.95. The Morgan fingerprint density at radius 1 is 1.50 bits per heavy atom. The number of azide groups is 1. The molecule has 0 heterocycles. The Bertz CT molecular complexity index is 630. The van der Waals surface area contributed by atoms with E-state index < -0.39 is 5.97 Å². The lowest BCUT2D eigenvalue weighted by Crippen LogP contribution is -2.15. The van der Waals surface area contributed by atoms with Crippen LogP contribution in [0.25, 0.3) is 10.4 Å². The minimum absolute atomic E-state index is 0.0140. The predicted octanol–water partition coefficient (Wildman–Crippen LogP) is 3.72. The minimum atomic E-state index is -0.537. The maximum Gasteiger partial charge on any atom is 0.342 e. The van der Waals surface area contributed by atoms with Crippen LogP contribution in [0.4, 0.5) is 0 Å². The van der Waals surface area contributed by atoms with E-state index in [0.717, 1.165) is 0 Å². The zero-order valence-corrected chi connectivity index (χ0v) is 12.9. The van der Waals surface area contributed by atoms with Crippen molar-refractivity contribution in [1.29, 1.82) is 5.26 Å². The molecule has 0 bridgehead atoms. The van der Waals surface area contributed by atoms with E-state index in [0.29, 0.717) is 24.3 Å². The largest absolute Gasteiger partial charge is 0.493 e. The molecule has 1 unspecified atom stereocenters. The highest BCUT2D eigenvalue weighted by Gasteiger charge is 2.19. The van der Waals surface area contributed by atoms with Crippen molar-refractivity contribution in [2.24, 2.45) is 5.11 Å². The molecule has 1 atom stereocenters. The highest BCUT2D eigenvalue weighted by molar-refractivity contribution is 5.93. The summed E-state index contributed by atoms with van der Waals surface area (Å²) < 4.78 is 10.7. The third-order valence-electron chi connectivity index (χ3n) is 3.03. The Morgan fingerprint density at radius 3 is 2.77 bits per heavy atom. The van der Waals surface area contributed by atoms with Gasteiger partial charge in [0.25, 0.3) is 0 Å². The topological polar surface area (TPSA) is 108 Å². The molecule has 22 heavy (non-hydrogen) atoms. The summed E-state index contributed by atoms with van der Waals surface area (Å²) in [6.45, 7) is 5.86. The predicted molar refractivity (Wildman–Crippen MR) is 80.3 cm³/mol. The number of esters is 1. The molecule has 1 rings (SSSR count). The van der Waals surface area contributed by atoms with Crippen molar-refractivity contribution in [3.05, 3.63) is 39.3 Å². The van der Waals surface area contributed by atoms with Crippen LogP contribution in [-0.4, -0.2) is 18.7 Å². The molecular formula is C15H18N4O3. The van der Waals surface area contributed by atoms with Gasteiger partial charge in [-0.05, 0) is 43.5 Å². The number of benzene rings is 1. The second kappa shape index (κ2) is 8.55. The van der Waals surface area contributed by atoms with Crippen molar-refractivity contribution in [3.63, 3.8) is 0 Å². The summed E-state index contributed by atoms with van der Waals surface area (Å²) in [6.07, 6.45) is 0.464. The van der Waals surface area contributed by atoms with Gasteiger partial charge >= 0.3 is 5.97 Å². The van der Waals surface area contributed by atoms with E-state index in [9.17, 15) is 10.1 Å². The van der Waals surface area contributed by atoms with Crippen LogP contribution >= 0.6 is 0 Å². The Labute approximate surface area is 129 Å². The number of nitriles is 1. The normalized spacial score (nSPS) is 11.0. The maximum absolute atomic E-state index is 12.2. The third kappa shape index (κ3) is 4.40. The van der Waals surface area contributed by atoms with Gasteiger partial charge in [0, 0.05) is 4.91 Å². The number of ether oxygens (including phenoxy) is 2. The number of nitrogens with zero attached hydrogens (tertiary/aromatic N) is 4. The van der Waals surface area contributed by atoms with E-state index >= 15 is 0 Å². The van der Waals surface area contributed by atoms with Gasteiger partial charge in [0.05, 0.1) is 30.9 Å². The smallest absolute Gasteiger partial charge is 0.342 e. The lowest BCUT2D eigenvalue weighted by Gasteiger charge is -2.15. The van der Waals surface area contributed by atoms with Crippen molar-refractivity contribution in [1.82, 2.24) is 0 Å². The van der Waals surface area contributed by atoms with Crippen LogP contribution in [0, 0.1) is 11.3 Å². The van der Waals surface area contributed by atoms with E-state index in [1.165, 1.54) is 6.07 Å². The Hall–Kier alpha value is -2.71. The first kappa shape index (κ1) is 17.3. The van der Waals surface area contributed by atoms with Crippen LogP contribution in [-0.2, 0) is 11.3 Å². The number of carbonyl (C=O) groups excluding carboxylic acids is 1. The fraction of sp³-hybridized carbons (Fsp3) is 0.467. The molecule has 1 aromatic carbocycles. The average molecular weight is 302 g/mol. The SMILES string of the molecule is CCOc1cc(CN=[N+]=[N-])c(C#N)cc1C(=O)OC(C)CC. The van der Waals surface area contributed by atoms with E-state index in [4.69, 9.17) is 15.0 Å². The van der Waals surface area contributed by atoms with Gasteiger partial charge in [-0.1, -0.05) is 12.0 Å². The molecule has 0 saturated carbocycles. The van der Waals surface area contributed by atoms with Crippen molar-refractivity contribution in [3.8, 4) is 11.8 Å². The van der Waals surface area contributed by atoms with Gasteiger partial charge in [-0.2, -0.15) is 5.26 Å². The van der Waals surface area contributed by atoms with Gasteiger partial charge in [-0.25, -0.2) is 4.79 Å². The van der Waals surface area contributed by atoms with Crippen LogP contribution in [0.5, 0.6) is 5.75 Å². The van der Waals surface area contributed by atoms with E-state index in [1.807, 2.05) is 13.0 Å². The fourth-order valence-electron chi connectivity index (χ4n) is 1.73. The van der Waals surface area contributed by atoms with Crippen LogP contribution < -0.4 is 4.74 Å². The van der Waals surface area contributed by atoms with Gasteiger partial charge in [-0.3, -0.25) is 0 Å². The molecule has 0 saturated heterocycles. The number of hydrogen-bond acceptors (Lipinski definition) is 5. The standard InChI is InChI=1S/C15H18N4O3/c1-4-10(3)22-15(20)13-6-11(8-16)12(9-18-19-17)7-14(13)21-5-2/h6-7,10H,4-5,9H2,1-3H3. The molecule has 1 aromatic rings. The highest BCUT2D eigenvalue weighted by Crippen LogP contribution is 2.26. The highest BCUT2D eigenvalue weighted by atomic mass is 16.5. The first-order chi connectivity index (χ1) is 10.6. The third-order valence-corrected chi connectivity index (χ3v) is 3.03. The first-order valence-corrected chi connectivity index (χ1v) is 6.98. The summed E-state index contributed by atoms with van der Waals surface area (Å²) in [7, 11) is 0. The molecule has 0 aliphatic heterocycles. The number of hydrogen-bond donors (Lipinski definition) is 0. The summed E-state index contributed by atoms with van der Waals surface area (Å²) in [5.74, 6) is -0.220. The van der Waals surface area contributed by atoms with Crippen LogP contribution in [0.1, 0.15) is 48.7 Å². The second-order valence-corrected chi connectivity index (χ2v) is 4.56. The molecule has 0 aromatic heterocycles. The van der Waals surface area contributed by atoms with Crippen molar-refractivity contribution in [2.75, 3.05) is 6.61 Å². The summed E-state index contributed by atoms with van der Waals surface area (Å²) in [4.78, 5) is 14.9. The number of rotatable bonds is 7. The number of carbonyl (C=O) groups is 1. The summed E-state index contributed by atoms with van der Waals surface area (Å²) >= 11 is 0. The lowest BCUT2D eigenvalue weighted by molar-refractivity contribution is 0.0330. The Kier molecular flexibility index (Phi) is 6.74. The molecule has 0 amide bonds. The second-order valence-electron chi connectivity index (χ2n) is 4.56. The maximum atomic E-state index is 12.2. The zero-order chi connectivity index (χ0) is 16.5. The average Bonchev–Trinajstić information content (AvgIpc) is 2.52. The molecule has 7 heteroatoms.